The maximum Gasteiger partial charge on any atom is 0.164 e. The number of nitrogens with zero attached hydrogens (tertiary/aromatic N) is 5. The Morgan fingerprint density at radius 3 is 1.48 bits per heavy atom. The Bertz CT molecular complexity index is 1870. The van der Waals surface area contributed by atoms with Gasteiger partial charge in [-0.1, -0.05) is 97.1 Å². The summed E-state index contributed by atoms with van der Waals surface area (Å²) in [5.41, 5.74) is 6.29. The van der Waals surface area contributed by atoms with Gasteiger partial charge in [-0.3, -0.25) is 4.57 Å². The van der Waals surface area contributed by atoms with Gasteiger partial charge in [0, 0.05) is 27.9 Å². The second-order valence-electron chi connectivity index (χ2n) is 9.35. The molecule has 5 nitrogen and oxygen atoms in total. The van der Waals surface area contributed by atoms with E-state index < -0.39 is 0 Å². The van der Waals surface area contributed by atoms with E-state index in [0.29, 0.717) is 17.5 Å². The van der Waals surface area contributed by atoms with Gasteiger partial charge in [-0.05, 0) is 36.4 Å². The maximum atomic E-state index is 13.7. The molecule has 0 aliphatic carbocycles. The average molecular weight is 520 g/mol. The summed E-state index contributed by atoms with van der Waals surface area (Å²) < 4.78 is 15.8. The smallest absolute Gasteiger partial charge is 0.164 e. The standard InChI is InChI=1S/C34H22FN5/c35-27-19-21-28(22-20-27)40-30-14-8-7-13-29(30)36-34(40)26-17-15-25(16-18-26)33-38-31(23-9-3-1-4-10-23)37-32(39-33)24-11-5-2-6-12-24/h1-22H. The Balaban J connectivity index is 1.34. The molecule has 7 aromatic rings. The van der Waals surface area contributed by atoms with Crippen LogP contribution in [0.15, 0.2) is 133 Å². The van der Waals surface area contributed by atoms with E-state index in [0.717, 1.165) is 44.8 Å². The molecule has 0 aliphatic heterocycles. The van der Waals surface area contributed by atoms with Crippen molar-refractivity contribution in [1.29, 1.82) is 0 Å². The molecule has 0 N–H and O–H groups in total. The van der Waals surface area contributed by atoms with Gasteiger partial charge >= 0.3 is 0 Å². The minimum Gasteiger partial charge on any atom is -0.292 e. The zero-order chi connectivity index (χ0) is 26.9. The lowest BCUT2D eigenvalue weighted by molar-refractivity contribution is 0.627. The first-order chi connectivity index (χ1) is 19.7. The molecule has 2 aromatic heterocycles. The molecule has 7 rings (SSSR count). The number of para-hydroxylation sites is 2. The Morgan fingerprint density at radius 2 is 0.900 bits per heavy atom. The second kappa shape index (κ2) is 10.0. The quantitative estimate of drug-likeness (QED) is 0.231. The average Bonchev–Trinajstić information content (AvgIpc) is 3.42. The van der Waals surface area contributed by atoms with Crippen LogP contribution in [0.3, 0.4) is 0 Å². The van der Waals surface area contributed by atoms with Gasteiger partial charge in [-0.2, -0.15) is 0 Å². The van der Waals surface area contributed by atoms with Gasteiger partial charge in [0.05, 0.1) is 11.0 Å². The Hall–Kier alpha value is -5.49. The molecule has 190 valence electrons. The van der Waals surface area contributed by atoms with Crippen LogP contribution in [0.1, 0.15) is 0 Å². The number of hydrogen-bond donors (Lipinski definition) is 0. The maximum absolute atomic E-state index is 13.7. The number of imidazole rings is 1. The fraction of sp³-hybridized carbons (Fsp3) is 0. The fourth-order valence-corrected chi connectivity index (χ4v) is 4.78. The number of aromatic nitrogens is 5. The number of fused-ring (bicyclic) bond motifs is 1. The molecular formula is C34H22FN5. The lowest BCUT2D eigenvalue weighted by Crippen LogP contribution is -2.00. The normalized spacial score (nSPS) is 11.1. The van der Waals surface area contributed by atoms with E-state index in [4.69, 9.17) is 19.9 Å². The van der Waals surface area contributed by atoms with Gasteiger partial charge < -0.3 is 0 Å². The van der Waals surface area contributed by atoms with Crippen LogP contribution in [0.4, 0.5) is 4.39 Å². The lowest BCUT2D eigenvalue weighted by Gasteiger charge is -2.11. The Labute approximate surface area is 230 Å². The predicted octanol–water partition coefficient (Wildman–Crippen LogP) is 8.02. The van der Waals surface area contributed by atoms with Crippen LogP contribution in [-0.2, 0) is 0 Å². The van der Waals surface area contributed by atoms with E-state index in [1.807, 2.05) is 114 Å². The minimum atomic E-state index is -0.277. The molecule has 40 heavy (non-hydrogen) atoms. The third-order valence-corrected chi connectivity index (χ3v) is 6.75. The summed E-state index contributed by atoms with van der Waals surface area (Å²) in [6.45, 7) is 0. The van der Waals surface area contributed by atoms with Crippen molar-refractivity contribution in [3.63, 3.8) is 0 Å². The number of hydrogen-bond acceptors (Lipinski definition) is 4. The van der Waals surface area contributed by atoms with Gasteiger partial charge in [0.1, 0.15) is 11.6 Å². The Morgan fingerprint density at radius 1 is 0.425 bits per heavy atom. The molecule has 0 saturated carbocycles. The molecule has 0 spiro atoms. The summed E-state index contributed by atoms with van der Waals surface area (Å²) in [5.74, 6) is 2.32. The van der Waals surface area contributed by atoms with Gasteiger partial charge in [0.25, 0.3) is 0 Å². The van der Waals surface area contributed by atoms with Gasteiger partial charge in [-0.15, -0.1) is 0 Å². The molecule has 2 heterocycles. The van der Waals surface area contributed by atoms with E-state index in [9.17, 15) is 4.39 Å². The summed E-state index contributed by atoms with van der Waals surface area (Å²) in [5, 5.41) is 0. The largest absolute Gasteiger partial charge is 0.292 e. The molecule has 0 aliphatic rings. The van der Waals surface area contributed by atoms with E-state index in [-0.39, 0.29) is 5.82 Å². The van der Waals surface area contributed by atoms with Crippen LogP contribution in [0, 0.1) is 5.82 Å². The van der Waals surface area contributed by atoms with Crippen molar-refractivity contribution in [2.45, 2.75) is 0 Å². The Kier molecular flexibility index (Phi) is 5.90. The summed E-state index contributed by atoms with van der Waals surface area (Å²) in [6, 6.07) is 42.3. The zero-order valence-corrected chi connectivity index (χ0v) is 21.3. The molecular weight excluding hydrogens is 497 g/mol. The fourth-order valence-electron chi connectivity index (χ4n) is 4.78. The van der Waals surface area contributed by atoms with Crippen molar-refractivity contribution in [2.75, 3.05) is 0 Å². The third kappa shape index (κ3) is 4.41. The van der Waals surface area contributed by atoms with Crippen molar-refractivity contribution in [3.05, 3.63) is 139 Å². The van der Waals surface area contributed by atoms with Gasteiger partial charge in [-0.25, -0.2) is 24.3 Å². The topological polar surface area (TPSA) is 56.5 Å². The highest BCUT2D eigenvalue weighted by molar-refractivity contribution is 5.83. The highest BCUT2D eigenvalue weighted by atomic mass is 19.1. The first-order valence-corrected chi connectivity index (χ1v) is 12.9. The lowest BCUT2D eigenvalue weighted by atomic mass is 10.1. The molecule has 0 saturated heterocycles. The number of rotatable bonds is 5. The summed E-state index contributed by atoms with van der Waals surface area (Å²) >= 11 is 0. The monoisotopic (exact) mass is 519 g/mol. The summed E-state index contributed by atoms with van der Waals surface area (Å²) in [6.07, 6.45) is 0. The van der Waals surface area contributed by atoms with E-state index in [2.05, 4.69) is 0 Å². The molecule has 0 unspecified atom stereocenters. The van der Waals surface area contributed by atoms with Gasteiger partial charge in [0.2, 0.25) is 0 Å². The van der Waals surface area contributed by atoms with Crippen molar-refractivity contribution in [1.82, 2.24) is 24.5 Å². The molecule has 0 amide bonds. The van der Waals surface area contributed by atoms with Crippen LogP contribution in [0.25, 0.3) is 62.3 Å². The van der Waals surface area contributed by atoms with Crippen LogP contribution in [0.5, 0.6) is 0 Å². The van der Waals surface area contributed by atoms with Crippen molar-refractivity contribution < 1.29 is 4.39 Å². The van der Waals surface area contributed by atoms with Crippen molar-refractivity contribution in [3.8, 4) is 51.2 Å². The van der Waals surface area contributed by atoms with Crippen molar-refractivity contribution >= 4 is 11.0 Å². The molecule has 0 bridgehead atoms. The summed E-state index contributed by atoms with van der Waals surface area (Å²) in [7, 11) is 0. The third-order valence-electron chi connectivity index (χ3n) is 6.75. The second-order valence-corrected chi connectivity index (χ2v) is 9.35. The highest BCUT2D eigenvalue weighted by Crippen LogP contribution is 2.31. The molecule has 0 atom stereocenters. The molecule has 6 heteroatoms. The zero-order valence-electron chi connectivity index (χ0n) is 21.3. The predicted molar refractivity (Wildman–Crippen MR) is 156 cm³/mol. The van der Waals surface area contributed by atoms with Crippen LogP contribution in [0.2, 0.25) is 0 Å². The van der Waals surface area contributed by atoms with Crippen molar-refractivity contribution in [2.24, 2.45) is 0 Å². The van der Waals surface area contributed by atoms with Gasteiger partial charge in [0.15, 0.2) is 17.5 Å². The first kappa shape index (κ1) is 23.6. The molecule has 0 fully saturated rings. The summed E-state index contributed by atoms with van der Waals surface area (Å²) in [4.78, 5) is 19.4. The number of benzene rings is 5. The first-order valence-electron chi connectivity index (χ1n) is 12.9. The highest BCUT2D eigenvalue weighted by Gasteiger charge is 2.16. The molecule has 5 aromatic carbocycles. The van der Waals surface area contributed by atoms with Crippen LogP contribution >= 0.6 is 0 Å². The van der Waals surface area contributed by atoms with Crippen LogP contribution < -0.4 is 0 Å². The van der Waals surface area contributed by atoms with Crippen LogP contribution in [-0.4, -0.2) is 24.5 Å². The van der Waals surface area contributed by atoms with E-state index >= 15 is 0 Å². The van der Waals surface area contributed by atoms with E-state index in [1.165, 1.54) is 12.1 Å². The molecule has 0 radical (unpaired) electrons. The number of halogens is 1. The minimum absolute atomic E-state index is 0.277. The van der Waals surface area contributed by atoms with E-state index in [1.54, 1.807) is 12.1 Å². The SMILES string of the molecule is Fc1ccc(-n2c(-c3ccc(-c4nc(-c5ccccc5)nc(-c5ccccc5)n4)cc3)nc3ccccc32)cc1.